The molecule has 36 heavy (non-hydrogen) atoms. The summed E-state index contributed by atoms with van der Waals surface area (Å²) < 4.78 is 25.4. The van der Waals surface area contributed by atoms with Gasteiger partial charge in [-0.3, -0.25) is 19.7 Å². The molecule has 0 saturated heterocycles. The Kier molecular flexibility index (Phi) is 7.12. The van der Waals surface area contributed by atoms with Gasteiger partial charge in [0.2, 0.25) is 5.91 Å². The number of carbonyl (C=O) groups is 2. The smallest absolute Gasteiger partial charge is 0.295 e. The molecule has 0 heterocycles. The third-order valence-corrected chi connectivity index (χ3v) is 7.08. The molecule has 1 saturated carbocycles. The standard InChI is InChI=1S/C23H13Cl4F2N3O4/c24-14-4-3-12(9-13(14)21(33)31-17-6-2-11(28)8-18(17)32(35)36)30-22(34)20-19(23(20,26)27)10-1-5-16(29)15(25)7-10/h1-9,19-20H,(H,30,34)(H,31,33)/t19-,20+/m0/s1. The minimum Gasteiger partial charge on any atom is -0.326 e. The van der Waals surface area contributed by atoms with Crippen LogP contribution >= 0.6 is 46.4 Å². The minimum absolute atomic E-state index is 0.00968. The summed E-state index contributed by atoms with van der Waals surface area (Å²) in [4.78, 5) is 36.0. The average molecular weight is 575 g/mol. The zero-order chi connectivity index (χ0) is 26.4. The zero-order valence-electron chi connectivity index (χ0n) is 17.7. The Labute approximate surface area is 222 Å². The number of benzene rings is 3. The molecule has 2 atom stereocenters. The molecule has 2 N–H and O–H groups in total. The SMILES string of the molecule is O=C(Nc1ccc(F)cc1[N+](=O)[O-])c1cc(NC(=O)[C@H]2[C@H](c3ccc(F)c(Cl)c3)C2(Cl)Cl)ccc1Cl. The molecule has 13 heteroatoms. The molecular formula is C23H13Cl4F2N3O4. The van der Waals surface area contributed by atoms with Gasteiger partial charge in [-0.15, -0.1) is 23.2 Å². The maximum Gasteiger partial charge on any atom is 0.295 e. The number of hydrogen-bond acceptors (Lipinski definition) is 4. The maximum atomic E-state index is 13.5. The predicted octanol–water partition coefficient (Wildman–Crippen LogP) is 6.96. The molecule has 4 rings (SSSR count). The van der Waals surface area contributed by atoms with Gasteiger partial charge in [-0.1, -0.05) is 29.3 Å². The molecule has 3 aromatic carbocycles. The number of nitrogens with zero attached hydrogens (tertiary/aromatic N) is 1. The summed E-state index contributed by atoms with van der Waals surface area (Å²) in [6.07, 6.45) is 0. The van der Waals surface area contributed by atoms with E-state index in [9.17, 15) is 28.5 Å². The normalized spacial score (nSPS) is 17.8. The van der Waals surface area contributed by atoms with Crippen LogP contribution in [-0.2, 0) is 4.79 Å². The number of nitro benzene ring substituents is 1. The highest BCUT2D eigenvalue weighted by Crippen LogP contribution is 2.65. The van der Waals surface area contributed by atoms with Crippen molar-refractivity contribution in [2.75, 3.05) is 10.6 Å². The number of hydrogen-bond donors (Lipinski definition) is 2. The van der Waals surface area contributed by atoms with Crippen molar-refractivity contribution in [3.63, 3.8) is 0 Å². The molecule has 2 amide bonds. The number of rotatable bonds is 6. The number of nitro groups is 1. The van der Waals surface area contributed by atoms with Gasteiger partial charge >= 0.3 is 0 Å². The lowest BCUT2D eigenvalue weighted by molar-refractivity contribution is -0.384. The number of nitrogens with one attached hydrogen (secondary N) is 2. The Morgan fingerprint density at radius 3 is 2.33 bits per heavy atom. The van der Waals surface area contributed by atoms with Gasteiger partial charge in [0.25, 0.3) is 11.6 Å². The first-order valence-corrected chi connectivity index (χ1v) is 11.6. The molecule has 0 bridgehead atoms. The monoisotopic (exact) mass is 573 g/mol. The van der Waals surface area contributed by atoms with E-state index in [-0.39, 0.29) is 27.0 Å². The number of carbonyl (C=O) groups excluding carboxylic acids is 2. The van der Waals surface area contributed by atoms with E-state index in [0.29, 0.717) is 11.6 Å². The van der Waals surface area contributed by atoms with Crippen LogP contribution in [0.15, 0.2) is 54.6 Å². The van der Waals surface area contributed by atoms with Crippen molar-refractivity contribution in [2.45, 2.75) is 10.3 Å². The summed E-state index contributed by atoms with van der Waals surface area (Å²) in [5, 5.41) is 15.9. The molecule has 1 aliphatic carbocycles. The highest BCUT2D eigenvalue weighted by atomic mass is 35.5. The number of alkyl halides is 2. The van der Waals surface area contributed by atoms with E-state index in [1.165, 1.54) is 30.3 Å². The fourth-order valence-electron chi connectivity index (χ4n) is 3.72. The van der Waals surface area contributed by atoms with Gasteiger partial charge in [-0.05, 0) is 48.0 Å². The van der Waals surface area contributed by atoms with Crippen molar-refractivity contribution < 1.29 is 23.3 Å². The van der Waals surface area contributed by atoms with Crippen LogP contribution in [0.1, 0.15) is 21.8 Å². The molecule has 186 valence electrons. The fourth-order valence-corrected chi connectivity index (χ4v) is 4.94. The van der Waals surface area contributed by atoms with Crippen LogP contribution in [0.2, 0.25) is 10.0 Å². The Bertz CT molecular complexity index is 1420. The molecular weight excluding hydrogens is 562 g/mol. The van der Waals surface area contributed by atoms with E-state index in [1.54, 1.807) is 0 Å². The second-order valence-electron chi connectivity index (χ2n) is 7.86. The van der Waals surface area contributed by atoms with E-state index in [4.69, 9.17) is 46.4 Å². The summed E-state index contributed by atoms with van der Waals surface area (Å²) >= 11 is 24.6. The number of amides is 2. The lowest BCUT2D eigenvalue weighted by Gasteiger charge is -2.11. The van der Waals surface area contributed by atoms with Crippen molar-refractivity contribution >= 4 is 75.3 Å². The average Bonchev–Trinajstić information content (AvgIpc) is 3.39. The van der Waals surface area contributed by atoms with Crippen LogP contribution in [0.25, 0.3) is 0 Å². The minimum atomic E-state index is -1.47. The molecule has 3 aromatic rings. The Morgan fingerprint density at radius 1 is 0.944 bits per heavy atom. The van der Waals surface area contributed by atoms with Crippen LogP contribution in [0, 0.1) is 27.7 Å². The summed E-state index contributed by atoms with van der Waals surface area (Å²) in [5.41, 5.74) is -0.373. The molecule has 0 aliphatic heterocycles. The molecule has 0 spiro atoms. The molecule has 0 unspecified atom stereocenters. The maximum absolute atomic E-state index is 13.5. The van der Waals surface area contributed by atoms with Crippen molar-refractivity contribution in [2.24, 2.45) is 5.92 Å². The Balaban J connectivity index is 1.53. The quantitative estimate of drug-likeness (QED) is 0.189. The van der Waals surface area contributed by atoms with Crippen LogP contribution in [0.3, 0.4) is 0 Å². The van der Waals surface area contributed by atoms with E-state index in [1.807, 2.05) is 0 Å². The van der Waals surface area contributed by atoms with Crippen LogP contribution in [-0.4, -0.2) is 21.1 Å². The highest BCUT2D eigenvalue weighted by molar-refractivity contribution is 6.53. The van der Waals surface area contributed by atoms with Gasteiger partial charge < -0.3 is 10.6 Å². The summed E-state index contributed by atoms with van der Waals surface area (Å²) in [6, 6.07) is 10.6. The zero-order valence-corrected chi connectivity index (χ0v) is 20.7. The van der Waals surface area contributed by atoms with E-state index in [2.05, 4.69) is 10.6 Å². The second kappa shape index (κ2) is 9.82. The molecule has 0 aromatic heterocycles. The lowest BCUT2D eigenvalue weighted by Crippen LogP contribution is -2.18. The van der Waals surface area contributed by atoms with E-state index < -0.39 is 50.2 Å². The fraction of sp³-hybridized carbons (Fsp3) is 0.130. The van der Waals surface area contributed by atoms with Crippen molar-refractivity contribution in [3.8, 4) is 0 Å². The predicted molar refractivity (Wildman–Crippen MR) is 133 cm³/mol. The summed E-state index contributed by atoms with van der Waals surface area (Å²) in [7, 11) is 0. The van der Waals surface area contributed by atoms with Crippen LogP contribution < -0.4 is 10.6 Å². The third-order valence-electron chi connectivity index (χ3n) is 5.52. The van der Waals surface area contributed by atoms with Crippen molar-refractivity contribution in [1.29, 1.82) is 0 Å². The molecule has 1 fully saturated rings. The highest BCUT2D eigenvalue weighted by Gasteiger charge is 2.67. The number of halogens is 6. The van der Waals surface area contributed by atoms with Crippen LogP contribution in [0.4, 0.5) is 25.8 Å². The first kappa shape index (κ1) is 26.1. The largest absolute Gasteiger partial charge is 0.326 e. The Morgan fingerprint density at radius 2 is 1.67 bits per heavy atom. The Hall–Kier alpha value is -2.98. The first-order valence-electron chi connectivity index (χ1n) is 10.1. The molecule has 1 aliphatic rings. The van der Waals surface area contributed by atoms with Gasteiger partial charge in [-0.2, -0.15) is 0 Å². The van der Waals surface area contributed by atoms with Gasteiger partial charge in [0.15, 0.2) is 0 Å². The van der Waals surface area contributed by atoms with Crippen LogP contribution in [0.5, 0.6) is 0 Å². The first-order chi connectivity index (χ1) is 16.9. The topological polar surface area (TPSA) is 101 Å². The molecule has 7 nitrogen and oxygen atoms in total. The van der Waals surface area contributed by atoms with Gasteiger partial charge in [0.05, 0.1) is 32.5 Å². The van der Waals surface area contributed by atoms with Gasteiger partial charge in [-0.25, -0.2) is 8.78 Å². The van der Waals surface area contributed by atoms with E-state index in [0.717, 1.165) is 18.2 Å². The number of anilines is 2. The lowest BCUT2D eigenvalue weighted by atomic mass is 10.1. The summed E-state index contributed by atoms with van der Waals surface area (Å²) in [6.45, 7) is 0. The molecule has 0 radical (unpaired) electrons. The van der Waals surface area contributed by atoms with Gasteiger partial charge in [0.1, 0.15) is 21.7 Å². The summed E-state index contributed by atoms with van der Waals surface area (Å²) in [5.74, 6) is -4.45. The van der Waals surface area contributed by atoms with E-state index >= 15 is 0 Å². The van der Waals surface area contributed by atoms with Crippen molar-refractivity contribution in [3.05, 3.63) is 97.5 Å². The van der Waals surface area contributed by atoms with Gasteiger partial charge in [0, 0.05) is 11.6 Å². The second-order valence-corrected chi connectivity index (χ2v) is 10.1. The third kappa shape index (κ3) is 5.10. The van der Waals surface area contributed by atoms with Crippen molar-refractivity contribution in [1.82, 2.24) is 0 Å².